The van der Waals surface area contributed by atoms with E-state index in [-0.39, 0.29) is 17.8 Å². The van der Waals surface area contributed by atoms with Crippen LogP contribution in [0.25, 0.3) is 0 Å². The zero-order chi connectivity index (χ0) is 6.85. The zero-order valence-corrected chi connectivity index (χ0v) is 5.89. The fraction of sp³-hybridized carbons (Fsp3) is 0.857. The number of hydrogen-bond acceptors (Lipinski definition) is 2. The summed E-state index contributed by atoms with van der Waals surface area (Å²) in [5.41, 5.74) is 0. The minimum Gasteiger partial charge on any atom is -0.371 e. The van der Waals surface area contributed by atoms with Crippen molar-refractivity contribution in [1.29, 1.82) is 0 Å². The van der Waals surface area contributed by atoms with E-state index in [0.717, 1.165) is 6.42 Å². The van der Waals surface area contributed by atoms with Gasteiger partial charge in [-0.2, -0.15) is 0 Å². The number of Topliss-reactive ketones (excluding diaryl/α,β-unsaturated/α-hetero) is 1. The summed E-state index contributed by atoms with van der Waals surface area (Å²) in [6, 6.07) is 0. The third kappa shape index (κ3) is 1.52. The van der Waals surface area contributed by atoms with Gasteiger partial charge >= 0.3 is 0 Å². The molecule has 0 aromatic heterocycles. The highest BCUT2D eigenvalue weighted by molar-refractivity contribution is 5.82. The van der Waals surface area contributed by atoms with Crippen molar-refractivity contribution in [2.24, 2.45) is 5.92 Å². The zero-order valence-electron chi connectivity index (χ0n) is 5.89. The Labute approximate surface area is 55.2 Å². The number of hydrogen-bond donors (Lipinski definition) is 0. The molecule has 1 heterocycles. The molecule has 1 saturated heterocycles. The maximum Gasteiger partial charge on any atom is 0.161 e. The van der Waals surface area contributed by atoms with Crippen molar-refractivity contribution in [3.63, 3.8) is 0 Å². The highest BCUT2D eigenvalue weighted by atomic mass is 16.5. The van der Waals surface area contributed by atoms with Crippen LogP contribution in [0, 0.1) is 5.92 Å². The number of rotatable bonds is 0. The summed E-state index contributed by atoms with van der Waals surface area (Å²) >= 11 is 0. The molecule has 0 N–H and O–H groups in total. The molecule has 0 aromatic carbocycles. The monoisotopic (exact) mass is 128 g/mol. The largest absolute Gasteiger partial charge is 0.371 e. The molecule has 1 rings (SSSR count). The van der Waals surface area contributed by atoms with Gasteiger partial charge in [-0.25, -0.2) is 0 Å². The predicted molar refractivity (Wildman–Crippen MR) is 34.2 cm³/mol. The van der Waals surface area contributed by atoms with Crippen LogP contribution in [0.4, 0.5) is 0 Å². The molecular weight excluding hydrogens is 116 g/mol. The molecule has 0 spiro atoms. The summed E-state index contributed by atoms with van der Waals surface area (Å²) in [5.74, 6) is 0.460. The molecule has 0 aliphatic carbocycles. The third-order valence-corrected chi connectivity index (χ3v) is 1.75. The van der Waals surface area contributed by atoms with Crippen LogP contribution in [0.15, 0.2) is 0 Å². The van der Waals surface area contributed by atoms with Crippen molar-refractivity contribution in [2.75, 3.05) is 6.61 Å². The van der Waals surface area contributed by atoms with Crippen molar-refractivity contribution in [2.45, 2.75) is 26.4 Å². The molecular formula is C7H12O2. The smallest absolute Gasteiger partial charge is 0.161 e. The van der Waals surface area contributed by atoms with E-state index in [1.54, 1.807) is 0 Å². The Morgan fingerprint density at radius 2 is 2.22 bits per heavy atom. The molecule has 0 saturated carbocycles. The van der Waals surface area contributed by atoms with Gasteiger partial charge in [0, 0.05) is 5.92 Å². The predicted octanol–water partition coefficient (Wildman–Crippen LogP) is 1.00. The normalized spacial score (nSPS) is 36.9. The van der Waals surface area contributed by atoms with Crippen LogP contribution < -0.4 is 0 Å². The van der Waals surface area contributed by atoms with Crippen molar-refractivity contribution >= 4 is 5.78 Å². The molecule has 0 radical (unpaired) electrons. The molecule has 2 atom stereocenters. The lowest BCUT2D eigenvalue weighted by Crippen LogP contribution is -2.30. The number of ether oxygens (including phenoxy) is 1. The van der Waals surface area contributed by atoms with E-state index in [2.05, 4.69) is 0 Å². The number of carbonyl (C=O) groups is 1. The van der Waals surface area contributed by atoms with Crippen molar-refractivity contribution < 1.29 is 9.53 Å². The number of ketones is 1. The van der Waals surface area contributed by atoms with Crippen molar-refractivity contribution in [1.82, 2.24) is 0 Å². The highest BCUT2D eigenvalue weighted by Gasteiger charge is 2.22. The summed E-state index contributed by atoms with van der Waals surface area (Å²) in [6.45, 7) is 4.28. The summed E-state index contributed by atoms with van der Waals surface area (Å²) in [6.07, 6.45) is 1.16. The van der Waals surface area contributed by atoms with E-state index >= 15 is 0 Å². The lowest BCUT2D eigenvalue weighted by Gasteiger charge is -2.22. The minimum absolute atomic E-state index is 0.216. The maximum atomic E-state index is 10.8. The molecule has 2 unspecified atom stereocenters. The van der Waals surface area contributed by atoms with Crippen LogP contribution in [-0.2, 0) is 9.53 Å². The average Bonchev–Trinajstić information content (AvgIpc) is 1.80. The quantitative estimate of drug-likeness (QED) is 0.486. The molecule has 9 heavy (non-hydrogen) atoms. The SMILES string of the molecule is CC1CC(C)C(=O)CO1. The van der Waals surface area contributed by atoms with Gasteiger partial charge in [-0.1, -0.05) is 6.92 Å². The van der Waals surface area contributed by atoms with Gasteiger partial charge in [0.15, 0.2) is 5.78 Å². The third-order valence-electron chi connectivity index (χ3n) is 1.75. The van der Waals surface area contributed by atoms with Crippen LogP contribution in [0.2, 0.25) is 0 Å². The molecule has 52 valence electrons. The Kier molecular flexibility index (Phi) is 1.86. The fourth-order valence-corrected chi connectivity index (χ4v) is 1.06. The highest BCUT2D eigenvalue weighted by Crippen LogP contribution is 2.15. The van der Waals surface area contributed by atoms with E-state index in [0.29, 0.717) is 6.61 Å². The van der Waals surface area contributed by atoms with Gasteiger partial charge in [0.2, 0.25) is 0 Å². The van der Waals surface area contributed by atoms with Gasteiger partial charge in [0.25, 0.3) is 0 Å². The van der Waals surface area contributed by atoms with E-state index < -0.39 is 0 Å². The van der Waals surface area contributed by atoms with Crippen LogP contribution in [0.1, 0.15) is 20.3 Å². The molecule has 0 amide bonds. The van der Waals surface area contributed by atoms with E-state index in [9.17, 15) is 4.79 Å². The number of carbonyl (C=O) groups excluding carboxylic acids is 1. The first-order chi connectivity index (χ1) is 4.20. The first-order valence-electron chi connectivity index (χ1n) is 3.34. The van der Waals surface area contributed by atoms with E-state index in [1.165, 1.54) is 0 Å². The average molecular weight is 128 g/mol. The lowest BCUT2D eigenvalue weighted by atomic mass is 9.97. The molecule has 0 aromatic rings. The van der Waals surface area contributed by atoms with Crippen molar-refractivity contribution in [3.8, 4) is 0 Å². The Morgan fingerprint density at radius 3 is 2.67 bits per heavy atom. The van der Waals surface area contributed by atoms with Gasteiger partial charge in [-0.3, -0.25) is 4.79 Å². The maximum absolute atomic E-state index is 10.8. The van der Waals surface area contributed by atoms with E-state index in [4.69, 9.17) is 4.74 Å². The van der Waals surface area contributed by atoms with Crippen LogP contribution in [-0.4, -0.2) is 18.5 Å². The second-order valence-electron chi connectivity index (χ2n) is 2.72. The van der Waals surface area contributed by atoms with Gasteiger partial charge in [0.05, 0.1) is 6.10 Å². The first kappa shape index (κ1) is 6.75. The standard InChI is InChI=1S/C7H12O2/c1-5-3-6(2)9-4-7(5)8/h5-6H,3-4H2,1-2H3. The summed E-state index contributed by atoms with van der Waals surface area (Å²) in [5, 5.41) is 0. The summed E-state index contributed by atoms with van der Waals surface area (Å²) in [7, 11) is 0. The van der Waals surface area contributed by atoms with E-state index in [1.807, 2.05) is 13.8 Å². The van der Waals surface area contributed by atoms with Crippen LogP contribution in [0.5, 0.6) is 0 Å². The fourth-order valence-electron chi connectivity index (χ4n) is 1.06. The van der Waals surface area contributed by atoms with Gasteiger partial charge in [-0.05, 0) is 13.3 Å². The van der Waals surface area contributed by atoms with Gasteiger partial charge in [-0.15, -0.1) is 0 Å². The Morgan fingerprint density at radius 1 is 1.56 bits per heavy atom. The summed E-state index contributed by atoms with van der Waals surface area (Å²) < 4.78 is 5.11. The molecule has 1 fully saturated rings. The lowest BCUT2D eigenvalue weighted by molar-refractivity contribution is -0.135. The first-order valence-corrected chi connectivity index (χ1v) is 3.34. The van der Waals surface area contributed by atoms with Crippen LogP contribution in [0.3, 0.4) is 0 Å². The van der Waals surface area contributed by atoms with Crippen LogP contribution >= 0.6 is 0 Å². The second-order valence-corrected chi connectivity index (χ2v) is 2.72. The Hall–Kier alpha value is -0.370. The van der Waals surface area contributed by atoms with Crippen molar-refractivity contribution in [3.05, 3.63) is 0 Å². The summed E-state index contributed by atoms with van der Waals surface area (Å²) in [4.78, 5) is 10.8. The second kappa shape index (κ2) is 2.48. The molecule has 1 aliphatic heterocycles. The Balaban J connectivity index is 2.44. The minimum atomic E-state index is 0.216. The molecule has 2 heteroatoms. The van der Waals surface area contributed by atoms with Gasteiger partial charge in [0.1, 0.15) is 6.61 Å². The Bertz CT molecular complexity index is 120. The molecule has 2 nitrogen and oxygen atoms in total. The molecule has 0 bridgehead atoms. The topological polar surface area (TPSA) is 26.3 Å². The van der Waals surface area contributed by atoms with Gasteiger partial charge < -0.3 is 4.74 Å². The molecule has 1 aliphatic rings.